The molecule has 2 aromatic heterocycles. The van der Waals surface area contributed by atoms with Crippen LogP contribution in [0, 0.1) is 0 Å². The van der Waals surface area contributed by atoms with E-state index in [1.807, 2.05) is 0 Å². The molecule has 0 bridgehead atoms. The molecular weight excluding hydrogens is 206 g/mol. The summed E-state index contributed by atoms with van der Waals surface area (Å²) in [5.41, 5.74) is 7.24. The molecule has 0 saturated carbocycles. The molecule has 4 N–H and O–H groups in total. The molecule has 0 radical (unpaired) electrons. The topological polar surface area (TPSA) is 100 Å². The summed E-state index contributed by atoms with van der Waals surface area (Å²) in [6, 6.07) is 0. The van der Waals surface area contributed by atoms with Crippen molar-refractivity contribution in [1.29, 1.82) is 0 Å². The fourth-order valence-electron chi connectivity index (χ4n) is 1.06. The van der Waals surface area contributed by atoms with Gasteiger partial charge in [-0.25, -0.2) is 9.97 Å². The quantitative estimate of drug-likeness (QED) is 0.635. The largest absolute Gasteiger partial charge is 0.348 e. The van der Waals surface area contributed by atoms with Crippen molar-refractivity contribution in [3.8, 4) is 0 Å². The Balaban J connectivity index is 0.000000160. The minimum Gasteiger partial charge on any atom is -0.348 e. The van der Waals surface area contributed by atoms with Crippen molar-refractivity contribution in [3.05, 3.63) is 36.4 Å². The highest BCUT2D eigenvalue weighted by Gasteiger charge is 1.87. The molecule has 0 atom stereocenters. The lowest BCUT2D eigenvalue weighted by Crippen LogP contribution is -2.02. The Kier molecular flexibility index (Phi) is 5.57. The van der Waals surface area contributed by atoms with Crippen molar-refractivity contribution < 1.29 is 4.79 Å². The van der Waals surface area contributed by atoms with E-state index in [0.717, 1.165) is 24.1 Å². The van der Waals surface area contributed by atoms with Gasteiger partial charge in [0.2, 0.25) is 0 Å². The lowest BCUT2D eigenvalue weighted by molar-refractivity contribution is -0.107. The van der Waals surface area contributed by atoms with Crippen molar-refractivity contribution in [1.82, 2.24) is 19.9 Å². The molecule has 2 aromatic rings. The average Bonchev–Trinajstić information content (AvgIpc) is 2.92. The first-order chi connectivity index (χ1) is 7.86. The van der Waals surface area contributed by atoms with E-state index in [1.54, 1.807) is 25.0 Å². The molecule has 2 heterocycles. The summed E-state index contributed by atoms with van der Waals surface area (Å²) in [5, 5.41) is 0. The van der Waals surface area contributed by atoms with Crippen LogP contribution in [0.1, 0.15) is 11.4 Å². The van der Waals surface area contributed by atoms with Gasteiger partial charge in [-0.15, -0.1) is 0 Å². The Hall–Kier alpha value is -1.95. The maximum absolute atomic E-state index is 9.82. The summed E-state index contributed by atoms with van der Waals surface area (Å²) in [5.74, 6) is 0. The molecule has 0 unspecified atom stereocenters. The molecule has 0 spiro atoms. The highest BCUT2D eigenvalue weighted by molar-refractivity contribution is 5.53. The zero-order valence-corrected chi connectivity index (χ0v) is 8.89. The average molecular weight is 221 g/mol. The van der Waals surface area contributed by atoms with Gasteiger partial charge >= 0.3 is 0 Å². The highest BCUT2D eigenvalue weighted by Crippen LogP contribution is 1.88. The first kappa shape index (κ1) is 12.1. The number of carbonyl (C=O) groups excluding carboxylic acids is 1. The maximum Gasteiger partial charge on any atom is 0.125 e. The smallest absolute Gasteiger partial charge is 0.125 e. The van der Waals surface area contributed by atoms with Crippen LogP contribution >= 0.6 is 0 Å². The van der Waals surface area contributed by atoms with Crippen LogP contribution in [0.4, 0.5) is 0 Å². The van der Waals surface area contributed by atoms with E-state index < -0.39 is 0 Å². The van der Waals surface area contributed by atoms with Gasteiger partial charge in [-0.1, -0.05) is 0 Å². The number of rotatable bonds is 4. The number of carbonyl (C=O) groups is 1. The second-order valence-electron chi connectivity index (χ2n) is 3.06. The van der Waals surface area contributed by atoms with Crippen molar-refractivity contribution in [3.63, 3.8) is 0 Å². The number of nitrogens with two attached hydrogens (primary N) is 1. The molecule has 0 saturated heterocycles. The number of aromatic amines is 2. The van der Waals surface area contributed by atoms with Crippen LogP contribution in [0.2, 0.25) is 0 Å². The molecule has 16 heavy (non-hydrogen) atoms. The van der Waals surface area contributed by atoms with Crippen LogP contribution < -0.4 is 5.73 Å². The van der Waals surface area contributed by atoms with Crippen LogP contribution in [0.15, 0.2) is 25.0 Å². The highest BCUT2D eigenvalue weighted by atomic mass is 16.1. The van der Waals surface area contributed by atoms with Crippen LogP contribution in [-0.2, 0) is 17.6 Å². The van der Waals surface area contributed by atoms with Gasteiger partial charge in [0.25, 0.3) is 0 Å². The van der Waals surface area contributed by atoms with Crippen LogP contribution in [0.25, 0.3) is 0 Å². The van der Waals surface area contributed by atoms with Crippen LogP contribution in [0.5, 0.6) is 0 Å². The van der Waals surface area contributed by atoms with Gasteiger partial charge < -0.3 is 20.5 Å². The van der Waals surface area contributed by atoms with Crippen molar-refractivity contribution in [2.24, 2.45) is 5.73 Å². The van der Waals surface area contributed by atoms with Gasteiger partial charge in [0.1, 0.15) is 6.29 Å². The molecule has 6 heteroatoms. The molecular formula is C10H15N5O. The van der Waals surface area contributed by atoms with Gasteiger partial charge in [-0.3, -0.25) is 0 Å². The van der Waals surface area contributed by atoms with Crippen molar-refractivity contribution in [2.75, 3.05) is 6.54 Å². The Morgan fingerprint density at radius 3 is 2.25 bits per heavy atom. The predicted octanol–water partition coefficient (Wildman–Crippen LogP) is 0.0620. The zero-order valence-electron chi connectivity index (χ0n) is 8.89. The standard InChI is InChI=1S/C5H9N3.C5H6N2O/c6-2-1-5-3-7-4-8-5;8-2-1-5-3-6-4-7-5/h3-4H,1-2,6H2,(H,7,8);2-4H,1H2,(H,6,7). The van der Waals surface area contributed by atoms with Crippen molar-refractivity contribution in [2.45, 2.75) is 12.8 Å². The summed E-state index contributed by atoms with van der Waals surface area (Å²) in [6.07, 6.45) is 8.79. The number of aldehydes is 1. The van der Waals surface area contributed by atoms with E-state index in [-0.39, 0.29) is 0 Å². The number of hydrogen-bond donors (Lipinski definition) is 3. The minimum absolute atomic E-state index is 0.431. The van der Waals surface area contributed by atoms with Crippen LogP contribution in [-0.4, -0.2) is 32.8 Å². The fraction of sp³-hybridized carbons (Fsp3) is 0.300. The summed E-state index contributed by atoms with van der Waals surface area (Å²) in [4.78, 5) is 23.1. The van der Waals surface area contributed by atoms with E-state index in [2.05, 4.69) is 19.9 Å². The number of nitrogens with one attached hydrogen (secondary N) is 2. The van der Waals surface area contributed by atoms with E-state index in [1.165, 1.54) is 0 Å². The molecule has 86 valence electrons. The first-order valence-electron chi connectivity index (χ1n) is 4.95. The molecule has 0 aromatic carbocycles. The fourth-order valence-corrected chi connectivity index (χ4v) is 1.06. The second-order valence-corrected chi connectivity index (χ2v) is 3.06. The van der Waals surface area contributed by atoms with E-state index in [4.69, 9.17) is 5.73 Å². The normalized spacial score (nSPS) is 9.31. The second kappa shape index (κ2) is 7.36. The Bertz CT molecular complexity index is 368. The number of nitrogens with zero attached hydrogens (tertiary/aromatic N) is 2. The van der Waals surface area contributed by atoms with Crippen molar-refractivity contribution >= 4 is 6.29 Å². The maximum atomic E-state index is 9.82. The van der Waals surface area contributed by atoms with E-state index in [9.17, 15) is 4.79 Å². The number of imidazole rings is 2. The Labute approximate surface area is 93.3 Å². The molecule has 0 aliphatic carbocycles. The third-order valence-electron chi connectivity index (χ3n) is 1.83. The summed E-state index contributed by atoms with van der Waals surface area (Å²) >= 11 is 0. The summed E-state index contributed by atoms with van der Waals surface area (Å²) in [7, 11) is 0. The molecule has 0 amide bonds. The third kappa shape index (κ3) is 4.52. The monoisotopic (exact) mass is 221 g/mol. The molecule has 0 aliphatic heterocycles. The number of hydrogen-bond acceptors (Lipinski definition) is 4. The lowest BCUT2D eigenvalue weighted by atomic mass is 10.3. The van der Waals surface area contributed by atoms with Gasteiger partial charge in [0.05, 0.1) is 12.7 Å². The molecule has 6 nitrogen and oxygen atoms in total. The van der Waals surface area contributed by atoms with Gasteiger partial charge in [0.15, 0.2) is 0 Å². The number of aromatic nitrogens is 4. The molecule has 0 fully saturated rings. The van der Waals surface area contributed by atoms with E-state index >= 15 is 0 Å². The third-order valence-corrected chi connectivity index (χ3v) is 1.83. The Morgan fingerprint density at radius 1 is 1.19 bits per heavy atom. The molecule has 2 rings (SSSR count). The lowest BCUT2D eigenvalue weighted by Gasteiger charge is -1.86. The van der Waals surface area contributed by atoms with Crippen LogP contribution in [0.3, 0.4) is 0 Å². The van der Waals surface area contributed by atoms with Gasteiger partial charge in [0, 0.05) is 36.6 Å². The summed E-state index contributed by atoms with van der Waals surface area (Å²) < 4.78 is 0. The number of H-pyrrole nitrogens is 2. The molecule has 0 aliphatic rings. The Morgan fingerprint density at radius 2 is 1.81 bits per heavy atom. The minimum atomic E-state index is 0.431. The van der Waals surface area contributed by atoms with Gasteiger partial charge in [-0.2, -0.15) is 0 Å². The van der Waals surface area contributed by atoms with E-state index in [0.29, 0.717) is 13.0 Å². The summed E-state index contributed by atoms with van der Waals surface area (Å²) in [6.45, 7) is 0.683. The SMILES string of the molecule is NCCc1cnc[nH]1.O=CCc1cnc[nH]1. The zero-order chi connectivity index (χ0) is 11.6. The first-order valence-corrected chi connectivity index (χ1v) is 4.95. The predicted molar refractivity (Wildman–Crippen MR) is 59.7 cm³/mol. The van der Waals surface area contributed by atoms with Gasteiger partial charge in [-0.05, 0) is 6.54 Å².